The van der Waals surface area contributed by atoms with Gasteiger partial charge in [-0.2, -0.15) is 0 Å². The Morgan fingerprint density at radius 2 is 0.608 bits per heavy atom. The second-order valence-corrected chi connectivity index (χ2v) is 30.5. The molecular formula is C67H112N4O49. The van der Waals surface area contributed by atoms with E-state index in [9.17, 15) is 152 Å². The number of aliphatic hydroxyl groups is 26. The van der Waals surface area contributed by atoms with Crippen LogP contribution in [-0.2, 0) is 109 Å². The summed E-state index contributed by atoms with van der Waals surface area (Å²) in [6, 6.07) is -7.69. The number of ether oxygens (including phenoxy) is 19. The molecular weight excluding hydrogens is 1640 g/mol. The van der Waals surface area contributed by atoms with E-state index in [0.29, 0.717) is 0 Å². The number of carbonyl (C=O) groups excluding carboxylic acids is 4. The summed E-state index contributed by atoms with van der Waals surface area (Å²) in [5, 5.41) is 301. The van der Waals surface area contributed by atoms with Gasteiger partial charge in [0.05, 0.1) is 65.6 Å². The molecule has 1 unspecified atom stereocenters. The fraction of sp³-hybridized carbons (Fsp3) is 0.940. The zero-order valence-electron chi connectivity index (χ0n) is 64.7. The van der Waals surface area contributed by atoms with Crippen LogP contribution in [0.5, 0.6) is 0 Å². The zero-order valence-corrected chi connectivity index (χ0v) is 64.7. The number of nitrogens with one attached hydrogen (secondary N) is 4. The third-order valence-corrected chi connectivity index (χ3v) is 22.0. The Bertz CT molecular complexity index is 3230. The Balaban J connectivity index is 1.07. The van der Waals surface area contributed by atoms with E-state index >= 15 is 0 Å². The van der Waals surface area contributed by atoms with E-state index in [4.69, 9.17) is 90.0 Å². The largest absolute Gasteiger partial charge is 0.394 e. The van der Waals surface area contributed by atoms with Crippen molar-refractivity contribution in [1.29, 1.82) is 0 Å². The maximum absolute atomic E-state index is 13.5. The molecule has 10 saturated heterocycles. The molecule has 10 heterocycles. The summed E-state index contributed by atoms with van der Waals surface area (Å²) < 4.78 is 115. The van der Waals surface area contributed by atoms with Gasteiger partial charge in [0.1, 0.15) is 232 Å². The molecule has 10 fully saturated rings. The van der Waals surface area contributed by atoms with Gasteiger partial charge in [-0.25, -0.2) is 0 Å². The van der Waals surface area contributed by atoms with E-state index in [1.807, 2.05) is 0 Å². The molecule has 694 valence electrons. The molecule has 0 aromatic heterocycles. The molecule has 120 heavy (non-hydrogen) atoms. The van der Waals surface area contributed by atoms with Crippen molar-refractivity contribution in [3.8, 4) is 0 Å². The van der Waals surface area contributed by atoms with Gasteiger partial charge < -0.3 is 244 Å². The summed E-state index contributed by atoms with van der Waals surface area (Å²) in [7, 11) is 0. The van der Waals surface area contributed by atoms with Crippen LogP contribution in [0.4, 0.5) is 0 Å². The van der Waals surface area contributed by atoms with Crippen LogP contribution in [0, 0.1) is 0 Å². The van der Waals surface area contributed by atoms with Gasteiger partial charge in [-0.05, 0) is 6.92 Å². The standard InChI is InChI=1S/C67H112N4O49/c1-15-33(84)43(94)48(99)63(104-15)116-53-31(70-18(4)81)58(101)105-27(12-78)51(53)114-60-30(69-17(3)80)42(93)50(26(11-77)111-60)113-67-57(120-62-47(98)34(85)20(83)13-102-62)54(40(91)28(112-67)14-103-65-55(45(96)37(88)23(8-74)109-65)118-59-29(68-16(2)79)41(92)35(86)21(6-72)106-59)117-66-56(46(97)38(89)24(9-75)110-66)119-61-32(71-19(5)82)52(39(90)25(10-76)107-61)115-64-49(100)44(95)36(87)22(7-73)108-64/h15,20-67,72-78,83-101H,6-14H2,1-5H3,(H,68,79)(H,69,80)(H,70,81)(H,71,82)/t15-,20+,21+,22+,23+,24+,25+,26+,27+,28+,29+,30+,31+,32+,33+,34-,35+,36-,37+,38+,39+,40+,41+,42+,43+,44-,45-,46-,47+,48-,49+,50+,51+,52+,53+,54-,55-,56-,57-,58?,59-,60-,61-,62-,63-,64-,65-,66+,67-/m0/s1. The van der Waals surface area contributed by atoms with Gasteiger partial charge in [-0.3, -0.25) is 19.2 Å². The van der Waals surface area contributed by atoms with E-state index in [-0.39, 0.29) is 0 Å². The lowest BCUT2D eigenvalue weighted by molar-refractivity contribution is -0.412. The zero-order chi connectivity index (χ0) is 88.2. The van der Waals surface area contributed by atoms with Crippen LogP contribution in [-0.4, -0.2) is 517 Å². The molecule has 30 N–H and O–H groups in total. The van der Waals surface area contributed by atoms with Crippen molar-refractivity contribution < 1.29 is 242 Å². The lowest BCUT2D eigenvalue weighted by atomic mass is 9.93. The molecule has 53 nitrogen and oxygen atoms in total. The second-order valence-electron chi connectivity index (χ2n) is 30.5. The van der Waals surface area contributed by atoms with Gasteiger partial charge in [0.15, 0.2) is 62.9 Å². The van der Waals surface area contributed by atoms with Gasteiger partial charge in [0.25, 0.3) is 0 Å². The first-order valence-corrected chi connectivity index (χ1v) is 38.4. The topological polar surface area (TPSA) is 818 Å². The highest BCUT2D eigenvalue weighted by molar-refractivity contribution is 5.74. The minimum Gasteiger partial charge on any atom is -0.394 e. The average molecular weight is 1760 g/mol. The summed E-state index contributed by atoms with van der Waals surface area (Å²) in [5.41, 5.74) is 0. The predicted molar refractivity (Wildman–Crippen MR) is 369 cm³/mol. The lowest BCUT2D eigenvalue weighted by Gasteiger charge is -2.52. The Morgan fingerprint density at radius 3 is 1.14 bits per heavy atom. The predicted octanol–water partition coefficient (Wildman–Crippen LogP) is -20.6. The number of hydrogen-bond donors (Lipinski definition) is 30. The molecule has 0 bridgehead atoms. The number of hydrogen-bond acceptors (Lipinski definition) is 49. The maximum atomic E-state index is 13.5. The molecule has 0 radical (unpaired) electrons. The van der Waals surface area contributed by atoms with Gasteiger partial charge in [-0.1, -0.05) is 0 Å². The Morgan fingerprint density at radius 1 is 0.267 bits per heavy atom. The first-order valence-electron chi connectivity index (χ1n) is 38.4. The molecule has 4 amide bonds. The molecule has 0 aromatic carbocycles. The van der Waals surface area contributed by atoms with Gasteiger partial charge >= 0.3 is 0 Å². The summed E-state index contributed by atoms with van der Waals surface area (Å²) in [6.07, 6.45) is -96.0. The lowest BCUT2D eigenvalue weighted by Crippen LogP contribution is -2.72. The summed E-state index contributed by atoms with van der Waals surface area (Å²) >= 11 is 0. The van der Waals surface area contributed by atoms with Gasteiger partial charge in [0, 0.05) is 27.7 Å². The highest BCUT2D eigenvalue weighted by Gasteiger charge is 2.62. The van der Waals surface area contributed by atoms with Crippen LogP contribution in [0.3, 0.4) is 0 Å². The quantitative estimate of drug-likeness (QED) is 0.0318. The van der Waals surface area contributed by atoms with Gasteiger partial charge in [-0.15, -0.1) is 0 Å². The van der Waals surface area contributed by atoms with Crippen molar-refractivity contribution in [3.63, 3.8) is 0 Å². The third-order valence-electron chi connectivity index (χ3n) is 22.0. The summed E-state index contributed by atoms with van der Waals surface area (Å²) in [4.78, 5) is 52.1. The van der Waals surface area contributed by atoms with E-state index in [1.165, 1.54) is 6.92 Å². The molecule has 10 rings (SSSR count). The van der Waals surface area contributed by atoms with Gasteiger partial charge in [0.2, 0.25) is 23.6 Å². The number of aliphatic hydroxyl groups excluding tert-OH is 26. The molecule has 0 saturated carbocycles. The fourth-order valence-electron chi connectivity index (χ4n) is 15.6. The number of carbonyl (C=O) groups is 4. The van der Waals surface area contributed by atoms with Crippen molar-refractivity contribution in [2.24, 2.45) is 0 Å². The van der Waals surface area contributed by atoms with Crippen molar-refractivity contribution in [2.45, 2.75) is 335 Å². The number of amides is 4. The average Bonchev–Trinajstić information content (AvgIpc) is 0.762. The first kappa shape index (κ1) is 98.3. The molecule has 10 aliphatic heterocycles. The van der Waals surface area contributed by atoms with Crippen molar-refractivity contribution >= 4 is 23.6 Å². The van der Waals surface area contributed by atoms with E-state index in [2.05, 4.69) is 21.3 Å². The molecule has 0 spiro atoms. The molecule has 53 heteroatoms. The highest BCUT2D eigenvalue weighted by Crippen LogP contribution is 2.42. The van der Waals surface area contributed by atoms with Crippen LogP contribution in [0.25, 0.3) is 0 Å². The maximum Gasteiger partial charge on any atom is 0.217 e. The highest BCUT2D eigenvalue weighted by atomic mass is 16.8. The molecule has 10 aliphatic rings. The molecule has 49 atom stereocenters. The Hall–Kier alpha value is -3.92. The van der Waals surface area contributed by atoms with Crippen molar-refractivity contribution in [2.75, 3.05) is 59.5 Å². The summed E-state index contributed by atoms with van der Waals surface area (Å²) in [6.45, 7) is -5.16. The monoisotopic (exact) mass is 1760 g/mol. The molecule has 0 aliphatic carbocycles. The molecule has 0 aromatic rings. The second kappa shape index (κ2) is 42.8. The van der Waals surface area contributed by atoms with Crippen LogP contribution in [0.1, 0.15) is 34.6 Å². The van der Waals surface area contributed by atoms with E-state index in [1.54, 1.807) is 0 Å². The fourth-order valence-corrected chi connectivity index (χ4v) is 15.6. The van der Waals surface area contributed by atoms with Crippen LogP contribution < -0.4 is 21.3 Å². The Kier molecular flexibility index (Phi) is 35.0. The minimum atomic E-state index is -2.60. The normalized spacial score (nSPS) is 49.7. The van der Waals surface area contributed by atoms with Crippen LogP contribution in [0.15, 0.2) is 0 Å². The minimum absolute atomic E-state index is 0.875. The smallest absolute Gasteiger partial charge is 0.217 e. The SMILES string of the molecule is CC(=O)N[C@H]1[C@H](O[C@H]2[C@H](O[C@@H]3O[C@@H](C)[C@@H](O)[C@@H](O)[C@@H]3O)[C@@H](NC(C)=O)C(O)O[C@@H]2CO)O[C@H](CO)[C@@H](O[C@@H]2O[C@H](CO[C@H]3O[C@H](CO)[C@@H](O)[C@H](O)[C@@H]3O[C@@H]3O[C@H](CO)[C@@H](O)[C@H](O)[C@H]3NC(C)=O)[C@@H](O)[C@H](O[C@H]3O[C@H](CO)[C@@H](O)[C@H](O)[C@@H]3O[C@@H]3O[C@H](CO)[C@@H](O)[C@H](O[C@@H]4O[C@H](CO)[C@H](O)[C@H](O)[C@H]4O)[C@H]3NC(C)=O)[C@@H]2O[C@@H]2OC[C@@H](O)[C@H](O)[C@H]2O)[C@@H]1O. The van der Waals surface area contributed by atoms with Crippen molar-refractivity contribution in [3.05, 3.63) is 0 Å². The van der Waals surface area contributed by atoms with Crippen LogP contribution >= 0.6 is 0 Å². The Labute approximate surface area is 679 Å². The third kappa shape index (κ3) is 21.6. The van der Waals surface area contributed by atoms with E-state index in [0.717, 1.165) is 27.7 Å². The first-order chi connectivity index (χ1) is 56.8. The van der Waals surface area contributed by atoms with Crippen molar-refractivity contribution in [1.82, 2.24) is 21.3 Å². The van der Waals surface area contributed by atoms with Crippen LogP contribution in [0.2, 0.25) is 0 Å². The van der Waals surface area contributed by atoms with E-state index < -0.39 is 384 Å². The summed E-state index contributed by atoms with van der Waals surface area (Å²) in [5.74, 6) is -3.78. The number of rotatable bonds is 30.